The maximum Gasteiger partial charge on any atom is 0.231 e. The van der Waals surface area contributed by atoms with Crippen molar-refractivity contribution in [2.75, 3.05) is 0 Å². The third-order valence-electron chi connectivity index (χ3n) is 4.54. The van der Waals surface area contributed by atoms with Gasteiger partial charge in [0.2, 0.25) is 5.91 Å². The van der Waals surface area contributed by atoms with Crippen molar-refractivity contribution < 1.29 is 4.79 Å². The molecule has 0 aliphatic carbocycles. The van der Waals surface area contributed by atoms with Crippen LogP contribution < -0.4 is 0 Å². The Morgan fingerprint density at radius 2 is 1.32 bits per heavy atom. The van der Waals surface area contributed by atoms with E-state index >= 15 is 0 Å². The van der Waals surface area contributed by atoms with Crippen molar-refractivity contribution in [1.29, 1.82) is 0 Å². The van der Waals surface area contributed by atoms with E-state index in [1.165, 1.54) is 0 Å². The molecule has 122 valence electrons. The van der Waals surface area contributed by atoms with Crippen LogP contribution in [0.15, 0.2) is 84.9 Å². The van der Waals surface area contributed by atoms with Gasteiger partial charge in [-0.1, -0.05) is 85.8 Å². The van der Waals surface area contributed by atoms with E-state index in [0.717, 1.165) is 33.3 Å². The number of para-hydroxylation sites is 1. The Labute approximate surface area is 147 Å². The third kappa shape index (κ3) is 2.56. The fourth-order valence-electron chi connectivity index (χ4n) is 3.42. The van der Waals surface area contributed by atoms with Crippen molar-refractivity contribution in [2.45, 2.75) is 13.3 Å². The number of benzene rings is 3. The van der Waals surface area contributed by atoms with E-state index in [0.29, 0.717) is 6.42 Å². The number of hydrogen-bond donors (Lipinski definition) is 0. The molecule has 0 atom stereocenters. The zero-order valence-electron chi connectivity index (χ0n) is 14.1. The maximum absolute atomic E-state index is 12.8. The van der Waals surface area contributed by atoms with Crippen LogP contribution in [-0.4, -0.2) is 10.5 Å². The minimum Gasteiger partial charge on any atom is -0.279 e. The number of carbonyl (C=O) groups is 1. The summed E-state index contributed by atoms with van der Waals surface area (Å²) in [5, 5.41) is 1.11. The molecule has 0 bridgehead atoms. The van der Waals surface area contributed by atoms with Gasteiger partial charge >= 0.3 is 0 Å². The van der Waals surface area contributed by atoms with E-state index in [1.807, 2.05) is 66.1 Å². The van der Waals surface area contributed by atoms with Crippen molar-refractivity contribution >= 4 is 16.8 Å². The molecule has 0 N–H and O–H groups in total. The first kappa shape index (κ1) is 15.4. The molecule has 0 unspecified atom stereocenters. The average molecular weight is 325 g/mol. The molecule has 3 aromatic carbocycles. The maximum atomic E-state index is 12.8. The molecule has 4 rings (SSSR count). The van der Waals surface area contributed by atoms with Crippen LogP contribution in [-0.2, 0) is 0 Å². The number of rotatable bonds is 3. The summed E-state index contributed by atoms with van der Waals surface area (Å²) in [6.45, 7) is 1.91. The highest BCUT2D eigenvalue weighted by Crippen LogP contribution is 2.40. The Morgan fingerprint density at radius 3 is 1.96 bits per heavy atom. The van der Waals surface area contributed by atoms with Crippen molar-refractivity contribution in [1.82, 2.24) is 4.57 Å². The van der Waals surface area contributed by atoms with E-state index in [1.54, 1.807) is 0 Å². The van der Waals surface area contributed by atoms with Crippen LogP contribution >= 0.6 is 0 Å². The van der Waals surface area contributed by atoms with Gasteiger partial charge < -0.3 is 0 Å². The van der Waals surface area contributed by atoms with E-state index in [4.69, 9.17) is 0 Å². The SMILES string of the molecule is CCC(=O)n1c(-c2ccccc2)c(-c2ccccc2)c2ccccc21. The number of hydrogen-bond acceptors (Lipinski definition) is 1. The van der Waals surface area contributed by atoms with Gasteiger partial charge in [-0.05, 0) is 17.2 Å². The molecule has 4 aromatic rings. The highest BCUT2D eigenvalue weighted by atomic mass is 16.2. The van der Waals surface area contributed by atoms with Crippen LogP contribution in [0.2, 0.25) is 0 Å². The van der Waals surface area contributed by atoms with E-state index in [-0.39, 0.29) is 5.91 Å². The highest BCUT2D eigenvalue weighted by Gasteiger charge is 2.22. The standard InChI is InChI=1S/C23H19NO/c1-2-21(25)24-20-16-10-9-15-19(20)22(17-11-5-3-6-12-17)23(24)18-13-7-4-8-14-18/h3-16H,2H2,1H3. The van der Waals surface area contributed by atoms with Gasteiger partial charge in [0.05, 0.1) is 11.2 Å². The summed E-state index contributed by atoms with van der Waals surface area (Å²) in [5.74, 6) is 0.109. The van der Waals surface area contributed by atoms with E-state index in [9.17, 15) is 4.79 Å². The van der Waals surface area contributed by atoms with Crippen LogP contribution in [0.5, 0.6) is 0 Å². The predicted molar refractivity (Wildman–Crippen MR) is 104 cm³/mol. The molecule has 0 radical (unpaired) electrons. The monoisotopic (exact) mass is 325 g/mol. The highest BCUT2D eigenvalue weighted by molar-refractivity contribution is 6.09. The molecule has 0 spiro atoms. The molecule has 0 saturated heterocycles. The lowest BCUT2D eigenvalue weighted by molar-refractivity contribution is 0.0916. The molecule has 0 aliphatic rings. The van der Waals surface area contributed by atoms with Gasteiger partial charge in [0.1, 0.15) is 0 Å². The summed E-state index contributed by atoms with van der Waals surface area (Å²) >= 11 is 0. The van der Waals surface area contributed by atoms with Gasteiger partial charge in [0, 0.05) is 17.4 Å². The zero-order chi connectivity index (χ0) is 17.2. The minimum atomic E-state index is 0.109. The minimum absolute atomic E-state index is 0.109. The molecule has 0 aliphatic heterocycles. The molecular weight excluding hydrogens is 306 g/mol. The van der Waals surface area contributed by atoms with Crippen LogP contribution in [0.25, 0.3) is 33.3 Å². The summed E-state index contributed by atoms with van der Waals surface area (Å²) in [6, 6.07) is 28.6. The first-order valence-corrected chi connectivity index (χ1v) is 8.58. The van der Waals surface area contributed by atoms with Gasteiger partial charge in [0.25, 0.3) is 0 Å². The molecule has 0 fully saturated rings. The fraction of sp³-hybridized carbons (Fsp3) is 0.0870. The second-order valence-electron chi connectivity index (χ2n) is 6.06. The summed E-state index contributed by atoms with van der Waals surface area (Å²) in [4.78, 5) is 12.8. The Balaban J connectivity index is 2.18. The predicted octanol–water partition coefficient (Wildman–Crippen LogP) is 6.03. The Hall–Kier alpha value is -3.13. The third-order valence-corrected chi connectivity index (χ3v) is 4.54. The first-order valence-electron chi connectivity index (χ1n) is 8.58. The normalized spacial score (nSPS) is 10.9. The van der Waals surface area contributed by atoms with Crippen LogP contribution in [0.3, 0.4) is 0 Å². The lowest BCUT2D eigenvalue weighted by Crippen LogP contribution is -2.10. The molecule has 0 saturated carbocycles. The number of fused-ring (bicyclic) bond motifs is 1. The smallest absolute Gasteiger partial charge is 0.231 e. The van der Waals surface area contributed by atoms with Crippen molar-refractivity contribution in [2.24, 2.45) is 0 Å². The molecule has 1 heterocycles. The number of carbonyl (C=O) groups excluding carboxylic acids is 1. The fourth-order valence-corrected chi connectivity index (χ4v) is 3.42. The average Bonchev–Trinajstić information content (AvgIpc) is 3.04. The second-order valence-corrected chi connectivity index (χ2v) is 6.06. The van der Waals surface area contributed by atoms with E-state index in [2.05, 4.69) is 30.3 Å². The summed E-state index contributed by atoms with van der Waals surface area (Å²) in [6.07, 6.45) is 0.465. The Morgan fingerprint density at radius 1 is 0.760 bits per heavy atom. The van der Waals surface area contributed by atoms with Crippen LogP contribution in [0.4, 0.5) is 0 Å². The Bertz CT molecular complexity index is 1030. The van der Waals surface area contributed by atoms with Crippen molar-refractivity contribution in [3.63, 3.8) is 0 Å². The van der Waals surface area contributed by atoms with Crippen molar-refractivity contribution in [3.8, 4) is 22.4 Å². The largest absolute Gasteiger partial charge is 0.279 e. The van der Waals surface area contributed by atoms with Gasteiger partial charge in [-0.15, -0.1) is 0 Å². The summed E-state index contributed by atoms with van der Waals surface area (Å²) in [5.41, 5.74) is 5.23. The van der Waals surface area contributed by atoms with E-state index < -0.39 is 0 Å². The quantitative estimate of drug-likeness (QED) is 0.451. The molecular formula is C23H19NO. The molecule has 0 amide bonds. The van der Waals surface area contributed by atoms with Gasteiger partial charge in [-0.25, -0.2) is 0 Å². The molecule has 2 nitrogen and oxygen atoms in total. The van der Waals surface area contributed by atoms with Gasteiger partial charge in [-0.2, -0.15) is 0 Å². The summed E-state index contributed by atoms with van der Waals surface area (Å²) in [7, 11) is 0. The van der Waals surface area contributed by atoms with Gasteiger partial charge in [-0.3, -0.25) is 9.36 Å². The number of aromatic nitrogens is 1. The molecule has 1 aromatic heterocycles. The molecule has 25 heavy (non-hydrogen) atoms. The lowest BCUT2D eigenvalue weighted by Gasteiger charge is -2.11. The van der Waals surface area contributed by atoms with Crippen LogP contribution in [0.1, 0.15) is 18.1 Å². The number of nitrogens with zero attached hydrogens (tertiary/aromatic N) is 1. The first-order chi connectivity index (χ1) is 12.3. The summed E-state index contributed by atoms with van der Waals surface area (Å²) < 4.78 is 1.88. The molecule has 2 heteroatoms. The zero-order valence-corrected chi connectivity index (χ0v) is 14.1. The van der Waals surface area contributed by atoms with Crippen molar-refractivity contribution in [3.05, 3.63) is 84.9 Å². The second kappa shape index (κ2) is 6.40. The van der Waals surface area contributed by atoms with Crippen LogP contribution in [0, 0.1) is 0 Å². The van der Waals surface area contributed by atoms with Gasteiger partial charge in [0.15, 0.2) is 0 Å². The topological polar surface area (TPSA) is 22.0 Å². The Kier molecular flexibility index (Phi) is 3.95. The lowest BCUT2D eigenvalue weighted by atomic mass is 9.98.